The number of anilines is 1. The van der Waals surface area contributed by atoms with Gasteiger partial charge in [0, 0.05) is 30.1 Å². The Kier molecular flexibility index (Phi) is 3.85. The molecule has 23 heavy (non-hydrogen) atoms. The second-order valence-corrected chi connectivity index (χ2v) is 6.60. The molecule has 1 saturated carbocycles. The second-order valence-electron chi connectivity index (χ2n) is 6.60. The van der Waals surface area contributed by atoms with Gasteiger partial charge in [-0.1, -0.05) is 25.0 Å². The fraction of sp³-hybridized carbons (Fsp3) is 0.500. The van der Waals surface area contributed by atoms with Gasteiger partial charge in [0.15, 0.2) is 5.82 Å². The van der Waals surface area contributed by atoms with Crippen molar-refractivity contribution in [1.29, 1.82) is 0 Å². The number of hydrogen-bond donors (Lipinski definition) is 1. The number of nitrogens with zero attached hydrogens (tertiary/aromatic N) is 3. The number of amides is 1. The molecule has 0 bridgehead atoms. The summed E-state index contributed by atoms with van der Waals surface area (Å²) in [6, 6.07) is 7.98. The minimum Gasteiger partial charge on any atom is -0.326 e. The highest BCUT2D eigenvalue weighted by molar-refractivity contribution is 5.93. The molecule has 1 fully saturated rings. The van der Waals surface area contributed by atoms with Crippen molar-refractivity contribution < 1.29 is 4.79 Å². The Morgan fingerprint density at radius 1 is 1.13 bits per heavy atom. The summed E-state index contributed by atoms with van der Waals surface area (Å²) in [7, 11) is 0. The molecule has 0 radical (unpaired) electrons. The van der Waals surface area contributed by atoms with E-state index in [1.54, 1.807) is 0 Å². The van der Waals surface area contributed by atoms with E-state index in [0.717, 1.165) is 48.7 Å². The zero-order valence-corrected chi connectivity index (χ0v) is 13.3. The molecule has 0 spiro atoms. The van der Waals surface area contributed by atoms with Crippen LogP contribution in [0.25, 0.3) is 11.4 Å². The molecule has 0 atom stereocenters. The zero-order chi connectivity index (χ0) is 15.6. The van der Waals surface area contributed by atoms with Gasteiger partial charge < -0.3 is 9.88 Å². The Balaban J connectivity index is 1.58. The molecule has 1 N–H and O–H groups in total. The number of carbonyl (C=O) groups is 1. The van der Waals surface area contributed by atoms with Gasteiger partial charge in [-0.3, -0.25) is 4.79 Å². The minimum atomic E-state index is 0.147. The summed E-state index contributed by atoms with van der Waals surface area (Å²) in [5.41, 5.74) is 1.88. The Morgan fingerprint density at radius 3 is 2.87 bits per heavy atom. The Bertz CT molecular complexity index is 718. The molecule has 2 heterocycles. The number of hydrogen-bond acceptors (Lipinski definition) is 3. The molecule has 0 saturated heterocycles. The first-order valence-corrected chi connectivity index (χ1v) is 8.64. The van der Waals surface area contributed by atoms with Crippen LogP contribution in [-0.4, -0.2) is 20.7 Å². The van der Waals surface area contributed by atoms with Crippen molar-refractivity contribution in [2.24, 2.45) is 5.92 Å². The van der Waals surface area contributed by atoms with Crippen molar-refractivity contribution in [2.75, 3.05) is 5.32 Å². The molecular formula is C18H22N4O. The number of carbonyl (C=O) groups excluding carboxylic acids is 1. The number of rotatable bonds is 3. The van der Waals surface area contributed by atoms with Crippen LogP contribution in [-0.2, 0) is 17.8 Å². The quantitative estimate of drug-likeness (QED) is 0.945. The van der Waals surface area contributed by atoms with Gasteiger partial charge in [0.1, 0.15) is 5.82 Å². The van der Waals surface area contributed by atoms with Gasteiger partial charge in [-0.2, -0.15) is 0 Å². The van der Waals surface area contributed by atoms with Crippen LogP contribution in [0, 0.1) is 5.92 Å². The van der Waals surface area contributed by atoms with Crippen LogP contribution in [0.1, 0.15) is 44.3 Å². The van der Waals surface area contributed by atoms with E-state index in [9.17, 15) is 4.79 Å². The summed E-state index contributed by atoms with van der Waals surface area (Å²) in [5, 5.41) is 11.8. The molecule has 0 unspecified atom stereocenters. The molecule has 2 aliphatic rings. The predicted molar refractivity (Wildman–Crippen MR) is 89.0 cm³/mol. The number of nitrogens with one attached hydrogen (secondary N) is 1. The van der Waals surface area contributed by atoms with Gasteiger partial charge in [-0.05, 0) is 37.8 Å². The van der Waals surface area contributed by atoms with E-state index in [2.05, 4.69) is 20.1 Å². The first-order chi connectivity index (χ1) is 11.3. The van der Waals surface area contributed by atoms with Gasteiger partial charge in [0.05, 0.1) is 0 Å². The van der Waals surface area contributed by atoms with E-state index >= 15 is 0 Å². The zero-order valence-electron chi connectivity index (χ0n) is 13.3. The van der Waals surface area contributed by atoms with Crippen LogP contribution in [0.3, 0.4) is 0 Å². The van der Waals surface area contributed by atoms with Crippen molar-refractivity contribution in [3.05, 3.63) is 30.1 Å². The van der Waals surface area contributed by atoms with Crippen LogP contribution in [0.4, 0.5) is 5.69 Å². The molecule has 1 aliphatic carbocycles. The lowest BCUT2D eigenvalue weighted by Crippen LogP contribution is -2.28. The SMILES string of the molecule is O=C(Nc1cccc(-c2nnc3n2CCCCC3)c1)C1CCC1. The third kappa shape index (κ3) is 2.87. The smallest absolute Gasteiger partial charge is 0.227 e. The van der Waals surface area contributed by atoms with Gasteiger partial charge in [0.2, 0.25) is 5.91 Å². The van der Waals surface area contributed by atoms with Crippen LogP contribution in [0.15, 0.2) is 24.3 Å². The lowest BCUT2D eigenvalue weighted by molar-refractivity contribution is -0.122. The normalized spacial score (nSPS) is 17.9. The summed E-state index contributed by atoms with van der Waals surface area (Å²) in [6.45, 7) is 0.982. The number of benzene rings is 1. The van der Waals surface area contributed by atoms with Crippen molar-refractivity contribution in [2.45, 2.75) is 51.5 Å². The van der Waals surface area contributed by atoms with E-state index in [1.807, 2.05) is 24.3 Å². The second kappa shape index (κ2) is 6.14. The molecule has 120 valence electrons. The standard InChI is InChI=1S/C18H22N4O/c23-18(13-6-4-7-13)19-15-9-5-8-14(12-15)17-21-20-16-10-2-1-3-11-22(16)17/h5,8-9,12-13H,1-4,6-7,10-11H2,(H,19,23). The van der Waals surface area contributed by atoms with Crippen LogP contribution in [0.5, 0.6) is 0 Å². The molecule has 5 nitrogen and oxygen atoms in total. The lowest BCUT2D eigenvalue weighted by atomic mass is 9.85. The maximum Gasteiger partial charge on any atom is 0.227 e. The Hall–Kier alpha value is -2.17. The fourth-order valence-corrected chi connectivity index (χ4v) is 3.35. The predicted octanol–water partition coefficient (Wildman–Crippen LogP) is 3.41. The van der Waals surface area contributed by atoms with E-state index in [0.29, 0.717) is 0 Å². The first-order valence-electron chi connectivity index (χ1n) is 8.64. The summed E-state index contributed by atoms with van der Waals surface area (Å²) in [4.78, 5) is 12.1. The average molecular weight is 310 g/mol. The molecule has 1 aromatic carbocycles. The summed E-state index contributed by atoms with van der Waals surface area (Å²) in [5.74, 6) is 2.35. The molecule has 2 aromatic rings. The van der Waals surface area contributed by atoms with E-state index < -0.39 is 0 Å². The van der Waals surface area contributed by atoms with Crippen molar-refractivity contribution in [3.8, 4) is 11.4 Å². The fourth-order valence-electron chi connectivity index (χ4n) is 3.35. The summed E-state index contributed by atoms with van der Waals surface area (Å²) >= 11 is 0. The van der Waals surface area contributed by atoms with Gasteiger partial charge in [-0.15, -0.1) is 10.2 Å². The van der Waals surface area contributed by atoms with E-state index in [-0.39, 0.29) is 11.8 Å². The number of fused-ring (bicyclic) bond motifs is 1. The first kappa shape index (κ1) is 14.4. The largest absolute Gasteiger partial charge is 0.326 e. The molecule has 4 rings (SSSR count). The number of aryl methyl sites for hydroxylation is 1. The molecular weight excluding hydrogens is 288 g/mol. The Labute approximate surface area is 136 Å². The molecule has 1 amide bonds. The van der Waals surface area contributed by atoms with Crippen LogP contribution in [0.2, 0.25) is 0 Å². The van der Waals surface area contributed by atoms with Gasteiger partial charge in [-0.25, -0.2) is 0 Å². The van der Waals surface area contributed by atoms with Gasteiger partial charge in [0.25, 0.3) is 0 Å². The maximum atomic E-state index is 12.1. The highest BCUT2D eigenvalue weighted by atomic mass is 16.1. The monoisotopic (exact) mass is 310 g/mol. The lowest BCUT2D eigenvalue weighted by Gasteiger charge is -2.24. The van der Waals surface area contributed by atoms with Gasteiger partial charge >= 0.3 is 0 Å². The van der Waals surface area contributed by atoms with Crippen molar-refractivity contribution in [1.82, 2.24) is 14.8 Å². The third-order valence-corrected chi connectivity index (χ3v) is 4.97. The number of aromatic nitrogens is 3. The topological polar surface area (TPSA) is 59.8 Å². The summed E-state index contributed by atoms with van der Waals surface area (Å²) < 4.78 is 2.24. The average Bonchev–Trinajstić information content (AvgIpc) is 2.74. The maximum absolute atomic E-state index is 12.1. The van der Waals surface area contributed by atoms with E-state index in [1.165, 1.54) is 25.7 Å². The van der Waals surface area contributed by atoms with E-state index in [4.69, 9.17) is 0 Å². The molecule has 5 heteroatoms. The highest BCUT2D eigenvalue weighted by Gasteiger charge is 2.25. The molecule has 1 aliphatic heterocycles. The van der Waals surface area contributed by atoms with Crippen molar-refractivity contribution >= 4 is 11.6 Å². The minimum absolute atomic E-state index is 0.147. The Morgan fingerprint density at radius 2 is 2.04 bits per heavy atom. The van der Waals surface area contributed by atoms with Crippen LogP contribution >= 0.6 is 0 Å². The van der Waals surface area contributed by atoms with Crippen LogP contribution < -0.4 is 5.32 Å². The van der Waals surface area contributed by atoms with Crippen molar-refractivity contribution in [3.63, 3.8) is 0 Å². The molecule has 1 aromatic heterocycles. The third-order valence-electron chi connectivity index (χ3n) is 4.97. The highest BCUT2D eigenvalue weighted by Crippen LogP contribution is 2.29. The summed E-state index contributed by atoms with van der Waals surface area (Å²) in [6.07, 6.45) is 7.83.